The van der Waals surface area contributed by atoms with Gasteiger partial charge >= 0.3 is 0 Å². The van der Waals surface area contributed by atoms with Gasteiger partial charge in [0, 0.05) is 6.92 Å². The minimum absolute atomic E-state index is 0.225. The number of ether oxygens (including phenoxy) is 4. The van der Waals surface area contributed by atoms with Gasteiger partial charge < -0.3 is 29.4 Å². The predicted octanol–water partition coefficient (Wildman–Crippen LogP) is 1.10. The van der Waals surface area contributed by atoms with Gasteiger partial charge in [-0.05, 0) is 34.1 Å². The molecule has 7 heteroatoms. The highest BCUT2D eigenvalue weighted by Crippen LogP contribution is 2.37. The van der Waals surface area contributed by atoms with E-state index >= 15 is 0 Å². The summed E-state index contributed by atoms with van der Waals surface area (Å²) in [5.41, 5.74) is 0. The van der Waals surface area contributed by atoms with Crippen LogP contribution in [0.3, 0.4) is 0 Å². The summed E-state index contributed by atoms with van der Waals surface area (Å²) >= 11 is 0. The van der Waals surface area contributed by atoms with Gasteiger partial charge in [0.2, 0.25) is 5.91 Å². The van der Waals surface area contributed by atoms with Gasteiger partial charge in [0.25, 0.3) is 0 Å². The normalized spacial score (nSPS) is 33.8. The average Bonchev–Trinajstić information content (AvgIpc) is 2.96. The molecule has 5 atom stereocenters. The van der Waals surface area contributed by atoms with Crippen LogP contribution in [0.4, 0.5) is 0 Å². The molecule has 7 nitrogen and oxygen atoms in total. The van der Waals surface area contributed by atoms with E-state index < -0.39 is 35.9 Å². The van der Waals surface area contributed by atoms with Crippen molar-refractivity contribution in [1.82, 2.24) is 5.32 Å². The monoisotopic (exact) mass is 343 g/mol. The number of hydrogen-bond donors (Lipinski definition) is 2. The first-order valence-corrected chi connectivity index (χ1v) is 8.28. The first-order valence-electron chi connectivity index (χ1n) is 8.28. The molecule has 0 aromatic carbocycles. The van der Waals surface area contributed by atoms with E-state index in [4.69, 9.17) is 18.9 Å². The van der Waals surface area contributed by atoms with Crippen molar-refractivity contribution >= 4 is 5.91 Å². The minimum atomic E-state index is -0.967. The molecule has 0 aromatic heterocycles. The van der Waals surface area contributed by atoms with E-state index in [9.17, 15) is 9.90 Å². The van der Waals surface area contributed by atoms with Crippen LogP contribution in [-0.2, 0) is 23.7 Å². The van der Waals surface area contributed by atoms with Crippen molar-refractivity contribution in [2.24, 2.45) is 0 Å². The molecule has 2 heterocycles. The molecule has 0 spiro atoms. The smallest absolute Gasteiger partial charge is 0.217 e. The Labute approximate surface area is 143 Å². The number of hydrogen-bond acceptors (Lipinski definition) is 6. The van der Waals surface area contributed by atoms with E-state index in [0.29, 0.717) is 13.0 Å². The summed E-state index contributed by atoms with van der Waals surface area (Å²) < 4.78 is 23.4. The molecule has 0 saturated carbocycles. The lowest BCUT2D eigenvalue weighted by Crippen LogP contribution is -2.53. The lowest BCUT2D eigenvalue weighted by molar-refractivity contribution is -0.175. The Hall–Kier alpha value is -0.990. The van der Waals surface area contributed by atoms with Crippen LogP contribution in [0.1, 0.15) is 41.0 Å². The van der Waals surface area contributed by atoms with E-state index in [1.165, 1.54) is 6.92 Å². The Morgan fingerprint density at radius 2 is 1.96 bits per heavy atom. The van der Waals surface area contributed by atoms with Crippen LogP contribution in [0.5, 0.6) is 0 Å². The van der Waals surface area contributed by atoms with Crippen molar-refractivity contribution in [3.05, 3.63) is 12.7 Å². The Morgan fingerprint density at radius 3 is 2.46 bits per heavy atom. The Balaban J connectivity index is 2.17. The summed E-state index contributed by atoms with van der Waals surface area (Å²) in [5.74, 6) is -1.78. The second-order valence-electron chi connectivity index (χ2n) is 7.25. The maximum atomic E-state index is 11.4. The summed E-state index contributed by atoms with van der Waals surface area (Å²) in [6, 6.07) is -0.514. The van der Waals surface area contributed by atoms with Gasteiger partial charge in [0.1, 0.15) is 24.4 Å². The van der Waals surface area contributed by atoms with Crippen LogP contribution in [0.15, 0.2) is 12.7 Å². The van der Waals surface area contributed by atoms with Crippen molar-refractivity contribution in [1.29, 1.82) is 0 Å². The highest BCUT2D eigenvalue weighted by Gasteiger charge is 2.53. The zero-order valence-electron chi connectivity index (χ0n) is 15.1. The summed E-state index contributed by atoms with van der Waals surface area (Å²) in [7, 11) is 0. The lowest BCUT2D eigenvalue weighted by atomic mass is 9.96. The van der Waals surface area contributed by atoms with Gasteiger partial charge in [-0.25, -0.2) is 0 Å². The zero-order valence-corrected chi connectivity index (χ0v) is 15.1. The van der Waals surface area contributed by atoms with Crippen LogP contribution in [0.2, 0.25) is 0 Å². The van der Waals surface area contributed by atoms with E-state index in [1.54, 1.807) is 19.9 Å². The van der Waals surface area contributed by atoms with E-state index in [0.717, 1.165) is 0 Å². The fraction of sp³-hybridized carbons (Fsp3) is 0.824. The Kier molecular flexibility index (Phi) is 5.71. The standard InChI is InChI=1S/C17H29NO6/c1-7-8-11(18-10(2)19)13(20)15-14(23-17(5,6)24-15)12-9-21-16(3,4)22-12/h7,11-15,20H,1,8-9H2,2-6H3,(H,18,19)/t11-,12-,13+,14-,15-/m1/s1. The number of rotatable bonds is 6. The van der Waals surface area contributed by atoms with Gasteiger partial charge in [-0.2, -0.15) is 0 Å². The van der Waals surface area contributed by atoms with Crippen molar-refractivity contribution in [2.45, 2.75) is 83.1 Å². The molecular formula is C17H29NO6. The Bertz CT molecular complexity index is 478. The molecule has 0 unspecified atom stereocenters. The van der Waals surface area contributed by atoms with Crippen LogP contribution in [-0.4, -0.2) is 59.7 Å². The highest BCUT2D eigenvalue weighted by molar-refractivity contribution is 5.73. The second-order valence-corrected chi connectivity index (χ2v) is 7.25. The SMILES string of the molecule is C=CC[C@@H](NC(C)=O)[C@H](O)[C@H]1OC(C)(C)O[C@@H]1[C@H]1COC(C)(C)O1. The maximum Gasteiger partial charge on any atom is 0.217 e. The van der Waals surface area contributed by atoms with Crippen LogP contribution >= 0.6 is 0 Å². The fourth-order valence-corrected chi connectivity index (χ4v) is 3.20. The van der Waals surface area contributed by atoms with E-state index in [-0.39, 0.29) is 12.0 Å². The highest BCUT2D eigenvalue weighted by atomic mass is 16.8. The molecule has 0 bridgehead atoms. The summed E-state index contributed by atoms with van der Waals surface area (Å²) in [5, 5.41) is 13.6. The van der Waals surface area contributed by atoms with Gasteiger partial charge in [-0.3, -0.25) is 4.79 Å². The third-order valence-corrected chi connectivity index (χ3v) is 4.12. The van der Waals surface area contributed by atoms with Crippen LogP contribution in [0, 0.1) is 0 Å². The third-order valence-electron chi connectivity index (χ3n) is 4.12. The summed E-state index contributed by atoms with van der Waals surface area (Å²) in [6.07, 6.45) is -0.412. The first kappa shape index (κ1) is 19.3. The average molecular weight is 343 g/mol. The molecule has 2 aliphatic rings. The lowest BCUT2D eigenvalue weighted by Gasteiger charge is -2.31. The van der Waals surface area contributed by atoms with E-state index in [1.807, 2.05) is 13.8 Å². The van der Waals surface area contributed by atoms with Crippen molar-refractivity contribution in [3.63, 3.8) is 0 Å². The second kappa shape index (κ2) is 7.09. The summed E-state index contributed by atoms with van der Waals surface area (Å²) in [6.45, 7) is 12.7. The maximum absolute atomic E-state index is 11.4. The van der Waals surface area contributed by atoms with Gasteiger partial charge in [-0.1, -0.05) is 6.08 Å². The first-order chi connectivity index (χ1) is 11.0. The molecule has 0 aromatic rings. The quantitative estimate of drug-likeness (QED) is 0.703. The molecule has 2 aliphatic heterocycles. The van der Waals surface area contributed by atoms with Gasteiger partial charge in [0.05, 0.1) is 12.6 Å². The summed E-state index contributed by atoms with van der Waals surface area (Å²) in [4.78, 5) is 11.4. The number of nitrogens with one attached hydrogen (secondary N) is 1. The molecule has 0 radical (unpaired) electrons. The largest absolute Gasteiger partial charge is 0.388 e. The topological polar surface area (TPSA) is 86.3 Å². The van der Waals surface area contributed by atoms with E-state index in [2.05, 4.69) is 11.9 Å². The molecule has 2 fully saturated rings. The zero-order chi connectivity index (χ0) is 18.1. The van der Waals surface area contributed by atoms with Crippen molar-refractivity contribution in [2.75, 3.05) is 6.61 Å². The van der Waals surface area contributed by atoms with Crippen molar-refractivity contribution in [3.8, 4) is 0 Å². The molecule has 2 rings (SSSR count). The molecule has 138 valence electrons. The molecule has 2 N–H and O–H groups in total. The minimum Gasteiger partial charge on any atom is -0.388 e. The van der Waals surface area contributed by atoms with Gasteiger partial charge in [-0.15, -0.1) is 6.58 Å². The predicted molar refractivity (Wildman–Crippen MR) is 87.2 cm³/mol. The molecule has 24 heavy (non-hydrogen) atoms. The van der Waals surface area contributed by atoms with Crippen LogP contribution < -0.4 is 5.32 Å². The fourth-order valence-electron chi connectivity index (χ4n) is 3.20. The van der Waals surface area contributed by atoms with Gasteiger partial charge in [0.15, 0.2) is 11.6 Å². The Morgan fingerprint density at radius 1 is 1.29 bits per heavy atom. The molecule has 1 amide bonds. The number of amides is 1. The molecule has 2 saturated heterocycles. The number of carbonyl (C=O) groups excluding carboxylic acids is 1. The number of aliphatic hydroxyl groups is 1. The van der Waals surface area contributed by atoms with Crippen molar-refractivity contribution < 1.29 is 28.8 Å². The number of aliphatic hydroxyl groups excluding tert-OH is 1. The molecular weight excluding hydrogens is 314 g/mol. The number of carbonyl (C=O) groups is 1. The molecule has 0 aliphatic carbocycles. The third kappa shape index (κ3) is 4.55. The van der Waals surface area contributed by atoms with Crippen LogP contribution in [0.25, 0.3) is 0 Å².